The lowest BCUT2D eigenvalue weighted by Crippen LogP contribution is -2.24. The summed E-state index contributed by atoms with van der Waals surface area (Å²) in [5, 5.41) is 11.4. The number of fused-ring (bicyclic) bond motifs is 1. The predicted octanol–water partition coefficient (Wildman–Crippen LogP) is 4.83. The molecule has 9 heteroatoms. The van der Waals surface area contributed by atoms with Gasteiger partial charge in [-0.25, -0.2) is 4.68 Å². The Kier molecular flexibility index (Phi) is 6.00. The number of carbonyl (C=O) groups excluding carboxylic acids is 2. The van der Waals surface area contributed by atoms with Crippen molar-refractivity contribution in [3.8, 4) is 11.1 Å². The third kappa shape index (κ3) is 4.30. The average Bonchev–Trinajstić information content (AvgIpc) is 3.21. The van der Waals surface area contributed by atoms with Gasteiger partial charge in [0.2, 0.25) is 5.91 Å². The number of halogens is 2. The van der Waals surface area contributed by atoms with Crippen molar-refractivity contribution in [2.45, 2.75) is 26.0 Å². The first-order chi connectivity index (χ1) is 14.9. The highest BCUT2D eigenvalue weighted by molar-refractivity contribution is 6.31. The Bertz CT molecular complexity index is 1160. The van der Waals surface area contributed by atoms with E-state index in [0.29, 0.717) is 27.2 Å². The normalized spacial score (nSPS) is 15.0. The fraction of sp³-hybridized carbons (Fsp3) is 0.227. The number of carbonyl (C=O) groups is 2. The molecule has 0 aliphatic carbocycles. The van der Waals surface area contributed by atoms with E-state index in [1.165, 1.54) is 0 Å². The van der Waals surface area contributed by atoms with Crippen molar-refractivity contribution in [1.29, 1.82) is 0 Å². The Morgan fingerprint density at radius 1 is 1.19 bits per heavy atom. The highest BCUT2D eigenvalue weighted by Crippen LogP contribution is 2.39. The van der Waals surface area contributed by atoms with Gasteiger partial charge in [0.25, 0.3) is 5.91 Å². The molecule has 1 aromatic heterocycles. The van der Waals surface area contributed by atoms with Crippen LogP contribution in [0.2, 0.25) is 10.0 Å². The number of ether oxygens (including phenoxy) is 1. The second-order valence-electron chi connectivity index (χ2n) is 7.27. The maximum absolute atomic E-state index is 12.7. The molecular formula is C22H20Cl2N4O3. The number of amides is 2. The highest BCUT2D eigenvalue weighted by atomic mass is 35.5. The first-order valence-electron chi connectivity index (χ1n) is 9.60. The second-order valence-corrected chi connectivity index (χ2v) is 8.14. The van der Waals surface area contributed by atoms with Crippen molar-refractivity contribution in [1.82, 2.24) is 9.78 Å². The summed E-state index contributed by atoms with van der Waals surface area (Å²) >= 11 is 12.0. The average molecular weight is 459 g/mol. The Balaban J connectivity index is 1.63. The summed E-state index contributed by atoms with van der Waals surface area (Å²) in [6, 6.07) is 11.7. The van der Waals surface area contributed by atoms with Crippen LogP contribution < -0.4 is 10.6 Å². The zero-order valence-corrected chi connectivity index (χ0v) is 18.4. The molecular weight excluding hydrogens is 439 g/mol. The summed E-state index contributed by atoms with van der Waals surface area (Å²) < 4.78 is 6.85. The topological polar surface area (TPSA) is 85.2 Å². The number of nitrogens with zero attached hydrogens (tertiary/aromatic N) is 2. The van der Waals surface area contributed by atoms with Crippen molar-refractivity contribution >= 4 is 46.5 Å². The van der Waals surface area contributed by atoms with Crippen LogP contribution in [0.3, 0.4) is 0 Å². The number of hydrogen-bond donors (Lipinski definition) is 2. The third-order valence-electron chi connectivity index (χ3n) is 5.09. The maximum Gasteiger partial charge on any atom is 0.251 e. The standard InChI is InChI=1S/C22H20Cl2N4O3/c1-12-3-6-15(24)9-16(12)25-19(29)10-18-22(30)26-21-20(13-4-7-14(23)8-5-13)17(11-31-2)27-28(18)21/h3-9,18H,10-11H2,1-2H3,(H,25,29)(H,26,30). The lowest BCUT2D eigenvalue weighted by Gasteiger charge is -2.12. The Labute approximate surface area is 189 Å². The molecule has 2 N–H and O–H groups in total. The van der Waals surface area contributed by atoms with Gasteiger partial charge in [-0.2, -0.15) is 5.10 Å². The zero-order valence-electron chi connectivity index (χ0n) is 16.9. The molecule has 7 nitrogen and oxygen atoms in total. The minimum absolute atomic E-state index is 0.0705. The van der Waals surface area contributed by atoms with Gasteiger partial charge in [-0.1, -0.05) is 41.4 Å². The molecule has 0 radical (unpaired) electrons. The van der Waals surface area contributed by atoms with E-state index in [1.54, 1.807) is 36.1 Å². The summed E-state index contributed by atoms with van der Waals surface area (Å²) in [7, 11) is 1.58. The minimum atomic E-state index is -0.772. The van der Waals surface area contributed by atoms with E-state index in [1.807, 2.05) is 25.1 Å². The molecule has 3 aromatic rings. The molecule has 0 saturated heterocycles. The first-order valence-corrected chi connectivity index (χ1v) is 10.4. The molecule has 1 aliphatic heterocycles. The van der Waals surface area contributed by atoms with Crippen LogP contribution in [0.15, 0.2) is 42.5 Å². The van der Waals surface area contributed by atoms with Crippen molar-refractivity contribution in [3.05, 3.63) is 63.8 Å². The smallest absolute Gasteiger partial charge is 0.251 e. The number of methoxy groups -OCH3 is 1. The van der Waals surface area contributed by atoms with Crippen LogP contribution in [0.5, 0.6) is 0 Å². The molecule has 2 heterocycles. The fourth-order valence-electron chi connectivity index (χ4n) is 3.58. The summed E-state index contributed by atoms with van der Waals surface area (Å²) in [6.45, 7) is 2.13. The molecule has 160 valence electrons. The molecule has 0 bridgehead atoms. The Morgan fingerprint density at radius 3 is 2.61 bits per heavy atom. The molecule has 1 aliphatic rings. The van der Waals surface area contributed by atoms with Crippen LogP contribution in [0, 0.1) is 6.92 Å². The molecule has 0 fully saturated rings. The van der Waals surface area contributed by atoms with Crippen molar-refractivity contribution in [2.75, 3.05) is 17.7 Å². The summed E-state index contributed by atoms with van der Waals surface area (Å²) in [5.41, 5.74) is 3.74. The van der Waals surface area contributed by atoms with Gasteiger partial charge >= 0.3 is 0 Å². The Morgan fingerprint density at radius 2 is 1.90 bits per heavy atom. The number of rotatable bonds is 6. The number of hydrogen-bond acceptors (Lipinski definition) is 4. The maximum atomic E-state index is 12.7. The number of anilines is 2. The van der Waals surface area contributed by atoms with Gasteiger partial charge in [0.1, 0.15) is 11.9 Å². The van der Waals surface area contributed by atoms with Crippen molar-refractivity contribution in [2.24, 2.45) is 0 Å². The van der Waals surface area contributed by atoms with Crippen LogP contribution in [0.1, 0.15) is 23.7 Å². The van der Waals surface area contributed by atoms with Gasteiger partial charge in [-0.15, -0.1) is 0 Å². The van der Waals surface area contributed by atoms with Crippen LogP contribution in [-0.2, 0) is 20.9 Å². The van der Waals surface area contributed by atoms with Gasteiger partial charge in [0, 0.05) is 28.4 Å². The lowest BCUT2D eigenvalue weighted by atomic mass is 10.1. The SMILES string of the molecule is COCc1nn2c(c1-c1ccc(Cl)cc1)NC(=O)C2CC(=O)Nc1cc(Cl)ccc1C. The monoisotopic (exact) mass is 458 g/mol. The predicted molar refractivity (Wildman–Crippen MR) is 120 cm³/mol. The lowest BCUT2D eigenvalue weighted by molar-refractivity contribution is -0.123. The molecule has 2 aromatic carbocycles. The van der Waals surface area contributed by atoms with Crippen LogP contribution >= 0.6 is 23.2 Å². The van der Waals surface area contributed by atoms with Crippen molar-refractivity contribution < 1.29 is 14.3 Å². The summed E-state index contributed by atoms with van der Waals surface area (Å²) in [4.78, 5) is 25.4. The molecule has 2 amide bonds. The van der Waals surface area contributed by atoms with Crippen LogP contribution in [0.4, 0.5) is 11.5 Å². The molecule has 1 atom stereocenters. The largest absolute Gasteiger partial charge is 0.378 e. The van der Waals surface area contributed by atoms with Gasteiger partial charge in [0.05, 0.1) is 18.7 Å². The Hall–Kier alpha value is -2.87. The van der Waals surface area contributed by atoms with Gasteiger partial charge in [-0.3, -0.25) is 9.59 Å². The van der Waals surface area contributed by atoms with Crippen molar-refractivity contribution in [3.63, 3.8) is 0 Å². The van der Waals surface area contributed by atoms with E-state index < -0.39 is 6.04 Å². The highest BCUT2D eigenvalue weighted by Gasteiger charge is 2.37. The van der Waals surface area contributed by atoms with Gasteiger partial charge in [0.15, 0.2) is 0 Å². The third-order valence-corrected chi connectivity index (χ3v) is 5.58. The first kappa shape index (κ1) is 21.4. The van der Waals surface area contributed by atoms with Gasteiger partial charge in [-0.05, 0) is 42.3 Å². The number of aromatic nitrogens is 2. The van der Waals surface area contributed by atoms with E-state index in [9.17, 15) is 9.59 Å². The van der Waals surface area contributed by atoms with Crippen LogP contribution in [-0.4, -0.2) is 28.7 Å². The summed E-state index contributed by atoms with van der Waals surface area (Å²) in [6.07, 6.45) is -0.0705. The summed E-state index contributed by atoms with van der Waals surface area (Å²) in [5.74, 6) is -0.0639. The number of nitrogens with one attached hydrogen (secondary N) is 2. The van der Waals surface area contributed by atoms with E-state index in [4.69, 9.17) is 27.9 Å². The van der Waals surface area contributed by atoms with E-state index >= 15 is 0 Å². The second kappa shape index (κ2) is 8.70. The molecule has 31 heavy (non-hydrogen) atoms. The zero-order chi connectivity index (χ0) is 22.1. The van der Waals surface area contributed by atoms with Crippen LogP contribution in [0.25, 0.3) is 11.1 Å². The molecule has 4 rings (SSSR count). The number of aryl methyl sites for hydroxylation is 1. The number of benzene rings is 2. The van der Waals surface area contributed by atoms with Gasteiger partial charge < -0.3 is 15.4 Å². The quantitative estimate of drug-likeness (QED) is 0.553. The minimum Gasteiger partial charge on any atom is -0.378 e. The van der Waals surface area contributed by atoms with E-state index in [2.05, 4.69) is 15.7 Å². The molecule has 1 unspecified atom stereocenters. The molecule has 0 spiro atoms. The molecule has 0 saturated carbocycles. The fourth-order valence-corrected chi connectivity index (χ4v) is 3.88. The van der Waals surface area contributed by atoms with E-state index in [-0.39, 0.29) is 24.8 Å². The van der Waals surface area contributed by atoms with E-state index in [0.717, 1.165) is 16.7 Å².